The number of carbonyl (C=O) groups excluding carboxylic acids is 2. The molecule has 0 unspecified atom stereocenters. The predicted molar refractivity (Wildman–Crippen MR) is 134 cm³/mol. The summed E-state index contributed by atoms with van der Waals surface area (Å²) in [4.78, 5) is 26.9. The summed E-state index contributed by atoms with van der Waals surface area (Å²) >= 11 is 0. The van der Waals surface area contributed by atoms with Gasteiger partial charge in [-0.25, -0.2) is 4.79 Å². The van der Waals surface area contributed by atoms with Gasteiger partial charge in [0.2, 0.25) is 6.41 Å². The molecular formula is C25H49N3O5. The minimum Gasteiger partial charge on any atom is -0.447 e. The van der Waals surface area contributed by atoms with Crippen LogP contribution in [-0.4, -0.2) is 69.4 Å². The Morgan fingerprint density at radius 3 is 2.03 bits per heavy atom. The molecule has 0 radical (unpaired) electrons. The fraction of sp³-hybridized carbons (Fsp3) is 0.880. The molecule has 2 N–H and O–H groups in total. The molecule has 0 atom stereocenters. The smallest absolute Gasteiger partial charge is 0.407 e. The monoisotopic (exact) mass is 471 g/mol. The van der Waals surface area contributed by atoms with E-state index in [0.29, 0.717) is 32.7 Å². The van der Waals surface area contributed by atoms with Crippen LogP contribution in [0.25, 0.3) is 0 Å². The maximum absolute atomic E-state index is 12.1. The summed E-state index contributed by atoms with van der Waals surface area (Å²) in [5.74, 6) is 0. The van der Waals surface area contributed by atoms with Gasteiger partial charge in [-0.15, -0.1) is 0 Å². The molecule has 0 heterocycles. The van der Waals surface area contributed by atoms with E-state index in [4.69, 9.17) is 14.2 Å². The van der Waals surface area contributed by atoms with Gasteiger partial charge in [0, 0.05) is 19.6 Å². The largest absolute Gasteiger partial charge is 0.447 e. The zero-order chi connectivity index (χ0) is 25.6. The number of rotatable bonds is 18. The first-order valence-corrected chi connectivity index (χ1v) is 11.9. The minimum atomic E-state index is -0.451. The molecule has 194 valence electrons. The maximum Gasteiger partial charge on any atom is 0.407 e. The summed E-state index contributed by atoms with van der Waals surface area (Å²) in [5.41, 5.74) is -0.807. The average molecular weight is 472 g/mol. The third-order valence-corrected chi connectivity index (χ3v) is 5.36. The van der Waals surface area contributed by atoms with Crippen molar-refractivity contribution in [2.75, 3.05) is 39.5 Å². The summed E-state index contributed by atoms with van der Waals surface area (Å²) < 4.78 is 17.2. The molecule has 8 nitrogen and oxygen atoms in total. The molecule has 0 spiro atoms. The fourth-order valence-corrected chi connectivity index (χ4v) is 3.73. The van der Waals surface area contributed by atoms with E-state index >= 15 is 0 Å². The van der Waals surface area contributed by atoms with Crippen molar-refractivity contribution in [2.45, 2.75) is 92.8 Å². The predicted octanol–water partition coefficient (Wildman–Crippen LogP) is 4.36. The standard InChI is InChI=1S/C25H49N3O5/c1-10-26-13-11-24(6,7)32-14-12-25(8,9)33-16-15-31-21(30)28-19-23(4,5)17-22(2,3)18-27-20-29/h10,20H,11-19H2,1-9H3,(H,27,29)(H,28,30). The van der Waals surface area contributed by atoms with Crippen molar-refractivity contribution in [3.05, 3.63) is 0 Å². The summed E-state index contributed by atoms with van der Waals surface area (Å²) in [7, 11) is 0. The Balaban J connectivity index is 4.15. The van der Waals surface area contributed by atoms with Crippen LogP contribution in [0.3, 0.4) is 0 Å². The lowest BCUT2D eigenvalue weighted by Gasteiger charge is -2.34. The highest BCUT2D eigenvalue weighted by atomic mass is 16.6. The van der Waals surface area contributed by atoms with Crippen LogP contribution < -0.4 is 10.6 Å². The normalized spacial score (nSPS) is 13.2. The number of hydrogen-bond acceptors (Lipinski definition) is 6. The van der Waals surface area contributed by atoms with Crippen LogP contribution in [0, 0.1) is 10.8 Å². The molecular weight excluding hydrogens is 422 g/mol. The van der Waals surface area contributed by atoms with Crippen molar-refractivity contribution in [3.63, 3.8) is 0 Å². The maximum atomic E-state index is 12.1. The van der Waals surface area contributed by atoms with E-state index in [9.17, 15) is 9.59 Å². The second-order valence-corrected chi connectivity index (χ2v) is 11.4. The third-order valence-electron chi connectivity index (χ3n) is 5.36. The van der Waals surface area contributed by atoms with Crippen molar-refractivity contribution in [3.8, 4) is 0 Å². The zero-order valence-corrected chi connectivity index (χ0v) is 22.5. The Kier molecular flexibility index (Phi) is 13.8. The lowest BCUT2D eigenvalue weighted by Crippen LogP contribution is -2.40. The molecule has 2 amide bonds. The van der Waals surface area contributed by atoms with Gasteiger partial charge in [-0.3, -0.25) is 9.79 Å². The Morgan fingerprint density at radius 2 is 1.42 bits per heavy atom. The minimum absolute atomic E-state index is 0.0716. The third kappa shape index (κ3) is 17.5. The van der Waals surface area contributed by atoms with Gasteiger partial charge in [0.1, 0.15) is 6.61 Å². The summed E-state index contributed by atoms with van der Waals surface area (Å²) in [5, 5.41) is 5.57. The summed E-state index contributed by atoms with van der Waals surface area (Å²) in [6.07, 6.45) is 4.52. The van der Waals surface area contributed by atoms with E-state index in [1.165, 1.54) is 0 Å². The Bertz CT molecular complexity index is 601. The number of amides is 2. The van der Waals surface area contributed by atoms with Gasteiger partial charge < -0.3 is 24.8 Å². The highest BCUT2D eigenvalue weighted by Crippen LogP contribution is 2.32. The van der Waals surface area contributed by atoms with Crippen LogP contribution >= 0.6 is 0 Å². The number of nitrogens with one attached hydrogen (secondary N) is 2. The number of nitrogens with zero attached hydrogens (tertiary/aromatic N) is 1. The van der Waals surface area contributed by atoms with Gasteiger partial charge in [0.25, 0.3) is 0 Å². The van der Waals surface area contributed by atoms with Crippen LogP contribution in [0.5, 0.6) is 0 Å². The van der Waals surface area contributed by atoms with Crippen molar-refractivity contribution in [1.29, 1.82) is 0 Å². The molecule has 0 aromatic heterocycles. The van der Waals surface area contributed by atoms with E-state index in [-0.39, 0.29) is 28.6 Å². The number of aliphatic imine (C=N–C) groups is 1. The van der Waals surface area contributed by atoms with E-state index in [0.717, 1.165) is 25.8 Å². The number of alkyl carbamates (subject to hydrolysis) is 1. The molecule has 0 aliphatic carbocycles. The van der Waals surface area contributed by atoms with Gasteiger partial charge in [0.05, 0.1) is 24.4 Å². The van der Waals surface area contributed by atoms with Crippen LogP contribution in [0.15, 0.2) is 4.99 Å². The summed E-state index contributed by atoms with van der Waals surface area (Å²) in [6.45, 7) is 21.4. The van der Waals surface area contributed by atoms with Crippen LogP contribution in [0.4, 0.5) is 4.79 Å². The average Bonchev–Trinajstić information content (AvgIpc) is 2.67. The van der Waals surface area contributed by atoms with E-state index in [2.05, 4.69) is 57.2 Å². The molecule has 0 fully saturated rings. The van der Waals surface area contributed by atoms with Crippen LogP contribution in [0.2, 0.25) is 0 Å². The van der Waals surface area contributed by atoms with E-state index in [1.54, 1.807) is 0 Å². The molecule has 0 aromatic rings. The molecule has 0 aliphatic rings. The van der Waals surface area contributed by atoms with E-state index in [1.807, 2.05) is 27.0 Å². The highest BCUT2D eigenvalue weighted by Gasteiger charge is 2.29. The second kappa shape index (κ2) is 14.6. The summed E-state index contributed by atoms with van der Waals surface area (Å²) in [6, 6.07) is 0. The Hall–Kier alpha value is -1.67. The van der Waals surface area contributed by atoms with Gasteiger partial charge in [-0.05, 0) is 70.9 Å². The number of ether oxygens (including phenoxy) is 3. The molecule has 0 saturated heterocycles. The SMILES string of the molecule is CC=NCCC(C)(C)OCCC(C)(C)OCCOC(=O)NCC(C)(C)CC(C)(C)CNC=O. The first-order valence-electron chi connectivity index (χ1n) is 11.9. The Morgan fingerprint density at radius 1 is 0.848 bits per heavy atom. The molecule has 33 heavy (non-hydrogen) atoms. The van der Waals surface area contributed by atoms with Gasteiger partial charge in [-0.2, -0.15) is 0 Å². The van der Waals surface area contributed by atoms with Gasteiger partial charge in [0.15, 0.2) is 0 Å². The molecule has 0 aliphatic heterocycles. The quantitative estimate of drug-likeness (QED) is 0.176. The number of carbonyl (C=O) groups is 2. The van der Waals surface area contributed by atoms with Crippen molar-refractivity contribution in [2.24, 2.45) is 15.8 Å². The molecule has 0 bridgehead atoms. The lowest BCUT2D eigenvalue weighted by molar-refractivity contribution is -0.110. The van der Waals surface area contributed by atoms with E-state index < -0.39 is 6.09 Å². The highest BCUT2D eigenvalue weighted by molar-refractivity contribution is 5.67. The first-order chi connectivity index (χ1) is 15.1. The van der Waals surface area contributed by atoms with Crippen molar-refractivity contribution < 1.29 is 23.8 Å². The molecule has 0 rings (SSSR count). The Labute approximate surface area is 201 Å². The topological polar surface area (TPSA) is 98.2 Å². The van der Waals surface area contributed by atoms with Crippen molar-refractivity contribution in [1.82, 2.24) is 10.6 Å². The lowest BCUT2D eigenvalue weighted by atomic mass is 9.75. The van der Waals surface area contributed by atoms with Crippen LogP contribution in [-0.2, 0) is 19.0 Å². The zero-order valence-electron chi connectivity index (χ0n) is 22.5. The fourth-order valence-electron chi connectivity index (χ4n) is 3.73. The van der Waals surface area contributed by atoms with Crippen molar-refractivity contribution >= 4 is 18.7 Å². The molecule has 0 aromatic carbocycles. The van der Waals surface area contributed by atoms with Gasteiger partial charge >= 0.3 is 6.09 Å². The molecule has 0 saturated carbocycles. The first kappa shape index (κ1) is 31.3. The number of hydrogen-bond donors (Lipinski definition) is 2. The molecule has 8 heteroatoms. The second-order valence-electron chi connectivity index (χ2n) is 11.4. The van der Waals surface area contributed by atoms with Crippen LogP contribution in [0.1, 0.15) is 81.6 Å². The van der Waals surface area contributed by atoms with Gasteiger partial charge in [-0.1, -0.05) is 27.7 Å².